The van der Waals surface area contributed by atoms with Gasteiger partial charge in [-0.2, -0.15) is 5.10 Å². The molecule has 2 rings (SSSR count). The van der Waals surface area contributed by atoms with E-state index in [0.29, 0.717) is 16.5 Å². The van der Waals surface area contributed by atoms with E-state index < -0.39 is 0 Å². The highest BCUT2D eigenvalue weighted by Gasteiger charge is 2.11. The molecule has 0 bridgehead atoms. The molecule has 0 saturated carbocycles. The molecule has 0 radical (unpaired) electrons. The lowest BCUT2D eigenvalue weighted by Gasteiger charge is -2.09. The van der Waals surface area contributed by atoms with Gasteiger partial charge < -0.3 is 10.1 Å². The average Bonchev–Trinajstić information content (AvgIpc) is 2.95. The first-order valence-corrected chi connectivity index (χ1v) is 7.19. The minimum atomic E-state index is -0.172. The van der Waals surface area contributed by atoms with Gasteiger partial charge in [-0.05, 0) is 43.7 Å². The number of nitrogens with zero attached hydrogens (tertiary/aromatic N) is 2. The fourth-order valence-corrected chi connectivity index (χ4v) is 1.75. The normalized spacial score (nSPS) is 12.0. The summed E-state index contributed by atoms with van der Waals surface area (Å²) < 4.78 is 7.12. The predicted octanol–water partition coefficient (Wildman–Crippen LogP) is 3.10. The van der Waals surface area contributed by atoms with Crippen LogP contribution in [0.15, 0.2) is 36.5 Å². The summed E-state index contributed by atoms with van der Waals surface area (Å²) in [5, 5.41) is 7.71. The summed E-state index contributed by atoms with van der Waals surface area (Å²) in [5.41, 5.74) is 0.384. The van der Waals surface area contributed by atoms with Crippen LogP contribution in [0.4, 0.5) is 0 Å². The number of rotatable bonds is 6. The van der Waals surface area contributed by atoms with E-state index in [0.717, 1.165) is 6.42 Å². The number of hydrogen-bond acceptors (Lipinski definition) is 3. The molecule has 1 unspecified atom stereocenters. The minimum absolute atomic E-state index is 0.132. The number of halogens is 1. The third-order valence-corrected chi connectivity index (χ3v) is 3.29. The smallest absolute Gasteiger partial charge is 0.271 e. The van der Waals surface area contributed by atoms with Crippen LogP contribution in [0, 0.1) is 0 Å². The van der Waals surface area contributed by atoms with Crippen LogP contribution in [0.3, 0.4) is 0 Å². The van der Waals surface area contributed by atoms with Gasteiger partial charge in [0.1, 0.15) is 11.4 Å². The Morgan fingerprint density at radius 2 is 2.10 bits per heavy atom. The van der Waals surface area contributed by atoms with Crippen molar-refractivity contribution in [3.8, 4) is 5.75 Å². The zero-order valence-corrected chi connectivity index (χ0v) is 12.8. The van der Waals surface area contributed by atoms with Gasteiger partial charge in [-0.15, -0.1) is 0 Å². The Labute approximate surface area is 128 Å². The van der Waals surface area contributed by atoms with Gasteiger partial charge in [0, 0.05) is 17.3 Å². The lowest BCUT2D eigenvalue weighted by atomic mass is 10.2. The maximum atomic E-state index is 11.9. The van der Waals surface area contributed by atoms with Gasteiger partial charge in [-0.3, -0.25) is 4.79 Å². The van der Waals surface area contributed by atoms with Gasteiger partial charge in [0.05, 0.1) is 0 Å². The third kappa shape index (κ3) is 4.49. The second-order valence-corrected chi connectivity index (χ2v) is 5.19. The van der Waals surface area contributed by atoms with E-state index in [1.165, 1.54) is 0 Å². The zero-order chi connectivity index (χ0) is 15.2. The Bertz CT molecular complexity index is 595. The van der Waals surface area contributed by atoms with Crippen LogP contribution >= 0.6 is 11.6 Å². The van der Waals surface area contributed by atoms with Crippen LogP contribution in [-0.2, 0) is 6.73 Å². The molecule has 1 amide bonds. The zero-order valence-electron chi connectivity index (χ0n) is 12.0. The van der Waals surface area contributed by atoms with E-state index >= 15 is 0 Å². The Morgan fingerprint density at radius 3 is 2.76 bits per heavy atom. The lowest BCUT2D eigenvalue weighted by Crippen LogP contribution is -2.32. The summed E-state index contributed by atoms with van der Waals surface area (Å²) >= 11 is 5.80. The number of aromatic nitrogens is 2. The molecule has 0 aliphatic rings. The molecule has 5 nitrogen and oxygen atoms in total. The molecular formula is C15H18ClN3O2. The molecule has 21 heavy (non-hydrogen) atoms. The molecule has 0 aliphatic heterocycles. The van der Waals surface area contributed by atoms with Gasteiger partial charge in [0.15, 0.2) is 6.73 Å². The molecular weight excluding hydrogens is 290 g/mol. The van der Waals surface area contributed by atoms with Crippen molar-refractivity contribution in [1.29, 1.82) is 0 Å². The van der Waals surface area contributed by atoms with E-state index in [1.807, 2.05) is 13.8 Å². The molecule has 0 saturated heterocycles. The first-order valence-electron chi connectivity index (χ1n) is 6.81. The first kappa shape index (κ1) is 15.4. The van der Waals surface area contributed by atoms with Crippen LogP contribution in [0.25, 0.3) is 0 Å². The van der Waals surface area contributed by atoms with Crippen molar-refractivity contribution in [1.82, 2.24) is 15.1 Å². The largest absolute Gasteiger partial charge is 0.471 e. The molecule has 112 valence electrons. The van der Waals surface area contributed by atoms with Gasteiger partial charge >= 0.3 is 0 Å². The maximum Gasteiger partial charge on any atom is 0.271 e. The average molecular weight is 308 g/mol. The quantitative estimate of drug-likeness (QED) is 0.892. The Kier molecular flexibility index (Phi) is 5.22. The predicted molar refractivity (Wildman–Crippen MR) is 81.5 cm³/mol. The van der Waals surface area contributed by atoms with E-state index in [9.17, 15) is 4.79 Å². The maximum absolute atomic E-state index is 11.9. The minimum Gasteiger partial charge on any atom is -0.471 e. The lowest BCUT2D eigenvalue weighted by molar-refractivity contribution is 0.0932. The van der Waals surface area contributed by atoms with Crippen molar-refractivity contribution < 1.29 is 9.53 Å². The Hall–Kier alpha value is -2.01. The molecule has 2 aromatic rings. The molecule has 1 heterocycles. The number of benzene rings is 1. The second-order valence-electron chi connectivity index (χ2n) is 4.75. The SMILES string of the molecule is CCC(C)NC(=O)c1ccn(COc2ccc(Cl)cc2)n1. The van der Waals surface area contributed by atoms with Crippen LogP contribution in [0.2, 0.25) is 5.02 Å². The van der Waals surface area contributed by atoms with E-state index in [-0.39, 0.29) is 18.7 Å². The Morgan fingerprint density at radius 1 is 1.38 bits per heavy atom. The third-order valence-electron chi connectivity index (χ3n) is 3.04. The monoisotopic (exact) mass is 307 g/mol. The van der Waals surface area contributed by atoms with Crippen LogP contribution in [-0.4, -0.2) is 21.7 Å². The summed E-state index contributed by atoms with van der Waals surface area (Å²) in [5.74, 6) is 0.523. The van der Waals surface area contributed by atoms with Crippen molar-refractivity contribution >= 4 is 17.5 Å². The number of amides is 1. The van der Waals surface area contributed by atoms with Crippen molar-refractivity contribution in [2.75, 3.05) is 0 Å². The highest BCUT2D eigenvalue weighted by atomic mass is 35.5. The van der Waals surface area contributed by atoms with Crippen molar-refractivity contribution in [3.05, 3.63) is 47.2 Å². The summed E-state index contributed by atoms with van der Waals surface area (Å²) in [6.45, 7) is 4.21. The van der Waals surface area contributed by atoms with Crippen molar-refractivity contribution in [2.45, 2.75) is 33.0 Å². The molecule has 6 heteroatoms. The molecule has 0 fully saturated rings. The van der Waals surface area contributed by atoms with Crippen molar-refractivity contribution in [3.63, 3.8) is 0 Å². The van der Waals surface area contributed by atoms with Gasteiger partial charge in [0.2, 0.25) is 0 Å². The fourth-order valence-electron chi connectivity index (χ4n) is 1.63. The number of carbonyl (C=O) groups excluding carboxylic acids is 1. The van der Waals surface area contributed by atoms with E-state index in [2.05, 4.69) is 10.4 Å². The van der Waals surface area contributed by atoms with Crippen LogP contribution < -0.4 is 10.1 Å². The summed E-state index contributed by atoms with van der Waals surface area (Å²) in [4.78, 5) is 11.9. The summed E-state index contributed by atoms with van der Waals surface area (Å²) in [7, 11) is 0. The first-order chi connectivity index (χ1) is 10.1. The van der Waals surface area contributed by atoms with E-state index in [4.69, 9.17) is 16.3 Å². The molecule has 1 N–H and O–H groups in total. The molecule has 0 spiro atoms. The summed E-state index contributed by atoms with van der Waals surface area (Å²) in [6.07, 6.45) is 2.59. The fraction of sp³-hybridized carbons (Fsp3) is 0.333. The van der Waals surface area contributed by atoms with Crippen LogP contribution in [0.5, 0.6) is 5.75 Å². The van der Waals surface area contributed by atoms with E-state index in [1.54, 1.807) is 41.2 Å². The Balaban J connectivity index is 1.91. The molecule has 0 aliphatic carbocycles. The number of hydrogen-bond donors (Lipinski definition) is 1. The molecule has 1 aromatic heterocycles. The number of nitrogens with one attached hydrogen (secondary N) is 1. The second kappa shape index (κ2) is 7.13. The topological polar surface area (TPSA) is 56.2 Å². The van der Waals surface area contributed by atoms with Gasteiger partial charge in [-0.1, -0.05) is 18.5 Å². The summed E-state index contributed by atoms with van der Waals surface area (Å²) in [6, 6.07) is 8.87. The highest BCUT2D eigenvalue weighted by molar-refractivity contribution is 6.30. The van der Waals surface area contributed by atoms with Crippen LogP contribution in [0.1, 0.15) is 30.8 Å². The highest BCUT2D eigenvalue weighted by Crippen LogP contribution is 2.15. The van der Waals surface area contributed by atoms with Crippen molar-refractivity contribution in [2.24, 2.45) is 0 Å². The number of ether oxygens (including phenoxy) is 1. The van der Waals surface area contributed by atoms with Gasteiger partial charge in [0.25, 0.3) is 5.91 Å². The molecule has 1 atom stereocenters. The molecule has 1 aromatic carbocycles. The van der Waals surface area contributed by atoms with Gasteiger partial charge in [-0.25, -0.2) is 4.68 Å². The number of carbonyl (C=O) groups is 1. The standard InChI is InChI=1S/C15H18ClN3O2/c1-3-11(2)17-15(20)14-8-9-19(18-14)10-21-13-6-4-12(16)5-7-13/h4-9,11H,3,10H2,1-2H3,(H,17,20).